The molecule has 1 fully saturated rings. The molecule has 1 aliphatic rings. The highest BCUT2D eigenvalue weighted by Gasteiger charge is 2.25. The molecule has 19 heavy (non-hydrogen) atoms. The maximum atomic E-state index is 9.85. The molecule has 1 heterocycles. The van der Waals surface area contributed by atoms with Crippen molar-refractivity contribution in [2.45, 2.75) is 45.6 Å². The van der Waals surface area contributed by atoms with E-state index in [1.807, 2.05) is 0 Å². The monoisotopic (exact) mass is 264 g/mol. The molecule has 3 N–H and O–H groups in total. The minimum Gasteiger partial charge on any atom is -0.393 e. The summed E-state index contributed by atoms with van der Waals surface area (Å²) in [6.45, 7) is 5.81. The van der Waals surface area contributed by atoms with E-state index in [0.29, 0.717) is 5.92 Å². The third-order valence-corrected chi connectivity index (χ3v) is 3.79. The molecule has 2 rings (SSSR count). The molecule has 1 aromatic heterocycles. The number of hydrogen-bond acceptors (Lipinski definition) is 5. The van der Waals surface area contributed by atoms with Crippen LogP contribution >= 0.6 is 0 Å². The Morgan fingerprint density at radius 3 is 2.53 bits per heavy atom. The van der Waals surface area contributed by atoms with Crippen LogP contribution in [0.1, 0.15) is 38.7 Å². The van der Waals surface area contributed by atoms with Crippen molar-refractivity contribution in [3.05, 3.63) is 11.9 Å². The molecule has 106 valence electrons. The summed E-state index contributed by atoms with van der Waals surface area (Å²) in [4.78, 5) is 8.62. The Morgan fingerprint density at radius 2 is 1.95 bits per heavy atom. The van der Waals surface area contributed by atoms with E-state index in [9.17, 15) is 5.11 Å². The number of aliphatic hydroxyl groups is 1. The molecule has 5 heteroatoms. The van der Waals surface area contributed by atoms with Gasteiger partial charge >= 0.3 is 0 Å². The Balaban J connectivity index is 2.04. The van der Waals surface area contributed by atoms with Gasteiger partial charge in [0.2, 0.25) is 0 Å². The van der Waals surface area contributed by atoms with Crippen LogP contribution in [0, 0.1) is 5.92 Å². The fourth-order valence-corrected chi connectivity index (χ4v) is 2.70. The minimum atomic E-state index is -0.160. The third-order valence-electron chi connectivity index (χ3n) is 3.79. The van der Waals surface area contributed by atoms with Crippen LogP contribution in [-0.2, 0) is 6.42 Å². The van der Waals surface area contributed by atoms with Crippen LogP contribution in [-0.4, -0.2) is 34.3 Å². The van der Waals surface area contributed by atoms with Crippen molar-refractivity contribution in [2.24, 2.45) is 5.92 Å². The molecule has 0 aromatic carbocycles. The molecule has 1 aromatic rings. The van der Waals surface area contributed by atoms with Gasteiger partial charge in [0.25, 0.3) is 0 Å². The average Bonchev–Trinajstić information content (AvgIpc) is 2.82. The summed E-state index contributed by atoms with van der Waals surface area (Å²) in [6.07, 6.45) is 5.47. The van der Waals surface area contributed by atoms with Gasteiger partial charge in [-0.1, -0.05) is 13.3 Å². The largest absolute Gasteiger partial charge is 0.393 e. The summed E-state index contributed by atoms with van der Waals surface area (Å²) in [7, 11) is 0. The summed E-state index contributed by atoms with van der Waals surface area (Å²) >= 11 is 0. The van der Waals surface area contributed by atoms with E-state index in [1.54, 1.807) is 6.33 Å². The first kappa shape index (κ1) is 14.1. The molecule has 0 radical (unpaired) electrons. The van der Waals surface area contributed by atoms with E-state index in [-0.39, 0.29) is 6.10 Å². The summed E-state index contributed by atoms with van der Waals surface area (Å²) in [5, 5.41) is 16.5. The first-order chi connectivity index (χ1) is 9.26. The van der Waals surface area contributed by atoms with E-state index >= 15 is 0 Å². The molecule has 1 saturated carbocycles. The Hall–Kier alpha value is -1.36. The fraction of sp³-hybridized carbons (Fsp3) is 0.714. The predicted octanol–water partition coefficient (Wildman–Crippen LogP) is 2.04. The summed E-state index contributed by atoms with van der Waals surface area (Å²) in [6, 6.07) is 0. The van der Waals surface area contributed by atoms with Crippen molar-refractivity contribution in [3.63, 3.8) is 0 Å². The van der Waals surface area contributed by atoms with Crippen LogP contribution in [0.4, 0.5) is 11.6 Å². The lowest BCUT2D eigenvalue weighted by molar-refractivity contribution is 0.138. The summed E-state index contributed by atoms with van der Waals surface area (Å²) < 4.78 is 0. The quantitative estimate of drug-likeness (QED) is 0.733. The van der Waals surface area contributed by atoms with Gasteiger partial charge in [0.15, 0.2) is 0 Å². The highest BCUT2D eigenvalue weighted by atomic mass is 16.3. The van der Waals surface area contributed by atoms with E-state index < -0.39 is 0 Å². The molecule has 5 nitrogen and oxygen atoms in total. The maximum Gasteiger partial charge on any atom is 0.134 e. The molecule has 0 amide bonds. The van der Waals surface area contributed by atoms with Crippen LogP contribution < -0.4 is 10.6 Å². The lowest BCUT2D eigenvalue weighted by atomic mass is 10.1. The van der Waals surface area contributed by atoms with Crippen molar-refractivity contribution >= 4 is 11.6 Å². The highest BCUT2D eigenvalue weighted by molar-refractivity contribution is 5.57. The zero-order valence-electron chi connectivity index (χ0n) is 11.8. The van der Waals surface area contributed by atoms with Crippen LogP contribution in [0.5, 0.6) is 0 Å². The van der Waals surface area contributed by atoms with Crippen LogP contribution in [0.15, 0.2) is 6.33 Å². The lowest BCUT2D eigenvalue weighted by Crippen LogP contribution is -2.23. The van der Waals surface area contributed by atoms with E-state index in [0.717, 1.165) is 56.0 Å². The molecule has 2 atom stereocenters. The van der Waals surface area contributed by atoms with Gasteiger partial charge in [0.05, 0.1) is 6.10 Å². The average molecular weight is 264 g/mol. The molecule has 0 bridgehead atoms. The van der Waals surface area contributed by atoms with Gasteiger partial charge in [-0.2, -0.15) is 0 Å². The molecular formula is C14H24N4O. The number of hydrogen-bond donors (Lipinski definition) is 3. The SMILES string of the molecule is CCNc1ncnc(NCC2CCCC2O)c1CC. The van der Waals surface area contributed by atoms with Gasteiger partial charge in [-0.15, -0.1) is 0 Å². The van der Waals surface area contributed by atoms with Crippen molar-refractivity contribution in [3.8, 4) is 0 Å². The number of rotatable bonds is 6. The Morgan fingerprint density at radius 1 is 1.21 bits per heavy atom. The normalized spacial score (nSPS) is 22.5. The van der Waals surface area contributed by atoms with Crippen LogP contribution in [0.25, 0.3) is 0 Å². The second kappa shape index (κ2) is 6.70. The number of aliphatic hydroxyl groups excluding tert-OH is 1. The third kappa shape index (κ3) is 3.35. The van der Waals surface area contributed by atoms with Crippen LogP contribution in [0.2, 0.25) is 0 Å². The first-order valence-electron chi connectivity index (χ1n) is 7.25. The molecule has 2 unspecified atom stereocenters. The number of anilines is 2. The second-order valence-electron chi connectivity index (χ2n) is 5.07. The zero-order valence-corrected chi connectivity index (χ0v) is 11.8. The van der Waals surface area contributed by atoms with Crippen molar-refractivity contribution in [2.75, 3.05) is 23.7 Å². The second-order valence-corrected chi connectivity index (χ2v) is 5.07. The van der Waals surface area contributed by atoms with Gasteiger partial charge < -0.3 is 15.7 Å². The topological polar surface area (TPSA) is 70.1 Å². The molecular weight excluding hydrogens is 240 g/mol. The molecule has 0 aliphatic heterocycles. The maximum absolute atomic E-state index is 9.85. The standard InChI is InChI=1S/C14H24N4O/c1-3-11-13(15-4-2)17-9-18-14(11)16-8-10-6-5-7-12(10)19/h9-10,12,19H,3-8H2,1-2H3,(H2,15,16,17,18). The lowest BCUT2D eigenvalue weighted by Gasteiger charge is -2.18. The smallest absolute Gasteiger partial charge is 0.134 e. The molecule has 1 aliphatic carbocycles. The Labute approximate surface area is 114 Å². The highest BCUT2D eigenvalue weighted by Crippen LogP contribution is 2.27. The van der Waals surface area contributed by atoms with E-state index in [4.69, 9.17) is 0 Å². The van der Waals surface area contributed by atoms with E-state index in [2.05, 4.69) is 34.4 Å². The van der Waals surface area contributed by atoms with Crippen LogP contribution in [0.3, 0.4) is 0 Å². The number of nitrogens with zero attached hydrogens (tertiary/aromatic N) is 2. The zero-order chi connectivity index (χ0) is 13.7. The van der Waals surface area contributed by atoms with Crippen molar-refractivity contribution in [1.29, 1.82) is 0 Å². The van der Waals surface area contributed by atoms with Gasteiger partial charge in [-0.3, -0.25) is 0 Å². The fourth-order valence-electron chi connectivity index (χ4n) is 2.70. The first-order valence-corrected chi connectivity index (χ1v) is 7.25. The Kier molecular flexibility index (Phi) is 4.96. The van der Waals surface area contributed by atoms with E-state index in [1.165, 1.54) is 0 Å². The molecule has 0 saturated heterocycles. The summed E-state index contributed by atoms with van der Waals surface area (Å²) in [5.41, 5.74) is 1.12. The van der Waals surface area contributed by atoms with Gasteiger partial charge in [-0.25, -0.2) is 9.97 Å². The number of nitrogens with one attached hydrogen (secondary N) is 2. The predicted molar refractivity (Wildman–Crippen MR) is 77.4 cm³/mol. The van der Waals surface area contributed by atoms with Gasteiger partial charge in [-0.05, 0) is 26.2 Å². The van der Waals surface area contributed by atoms with Gasteiger partial charge in [0, 0.05) is 24.6 Å². The molecule has 0 spiro atoms. The Bertz CT molecular complexity index is 410. The van der Waals surface area contributed by atoms with Crippen molar-refractivity contribution in [1.82, 2.24) is 9.97 Å². The van der Waals surface area contributed by atoms with Gasteiger partial charge in [0.1, 0.15) is 18.0 Å². The summed E-state index contributed by atoms with van der Waals surface area (Å²) in [5.74, 6) is 2.16. The van der Waals surface area contributed by atoms with Crippen molar-refractivity contribution < 1.29 is 5.11 Å². The number of aromatic nitrogens is 2. The minimum absolute atomic E-state index is 0.160.